The van der Waals surface area contributed by atoms with Gasteiger partial charge in [-0.25, -0.2) is 0 Å². The molecule has 1 aromatic carbocycles. The van der Waals surface area contributed by atoms with E-state index in [9.17, 15) is 9.59 Å². The topological polar surface area (TPSA) is 72.4 Å². The highest BCUT2D eigenvalue weighted by Crippen LogP contribution is 2.13. The predicted molar refractivity (Wildman–Crippen MR) is 102 cm³/mol. The highest BCUT2D eigenvalue weighted by atomic mass is 16.5. The summed E-state index contributed by atoms with van der Waals surface area (Å²) in [6.45, 7) is 9.86. The summed E-state index contributed by atoms with van der Waals surface area (Å²) in [6, 6.07) is 10.7. The number of nitrogens with zero attached hydrogens (tertiary/aromatic N) is 1. The minimum absolute atomic E-state index is 0.0512. The van der Waals surface area contributed by atoms with Crippen LogP contribution in [0.4, 0.5) is 0 Å². The van der Waals surface area contributed by atoms with Crippen LogP contribution >= 0.6 is 0 Å². The lowest BCUT2D eigenvalue weighted by atomic mass is 10.1. The van der Waals surface area contributed by atoms with Crippen molar-refractivity contribution in [3.05, 3.63) is 53.3 Å². The van der Waals surface area contributed by atoms with Gasteiger partial charge < -0.3 is 10.1 Å². The zero-order chi connectivity index (χ0) is 19.3. The molecule has 0 spiro atoms. The monoisotopic (exact) mass is 357 g/mol. The van der Waals surface area contributed by atoms with Gasteiger partial charge in [0.25, 0.3) is 11.8 Å². The van der Waals surface area contributed by atoms with Gasteiger partial charge in [0.15, 0.2) is 6.61 Å². The average molecular weight is 357 g/mol. The number of hydrogen-bond acceptors (Lipinski definition) is 3. The Hall–Kier alpha value is -2.76. The summed E-state index contributed by atoms with van der Waals surface area (Å²) < 4.78 is 7.22. The molecule has 6 heteroatoms. The summed E-state index contributed by atoms with van der Waals surface area (Å²) in [7, 11) is 0. The van der Waals surface area contributed by atoms with Gasteiger partial charge >= 0.3 is 0 Å². The molecule has 0 aliphatic carbocycles. The Morgan fingerprint density at radius 3 is 2.12 bits per heavy atom. The van der Waals surface area contributed by atoms with Crippen LogP contribution in [0.1, 0.15) is 42.5 Å². The number of ether oxygens (including phenoxy) is 1. The number of amides is 2. The van der Waals surface area contributed by atoms with E-state index in [1.54, 1.807) is 28.9 Å². The minimum atomic E-state index is -0.206. The van der Waals surface area contributed by atoms with Crippen molar-refractivity contribution in [3.63, 3.8) is 0 Å². The highest BCUT2D eigenvalue weighted by molar-refractivity contribution is 6.00. The molecule has 1 heterocycles. The lowest BCUT2D eigenvalue weighted by Crippen LogP contribution is -2.38. The van der Waals surface area contributed by atoms with Crippen LogP contribution in [-0.4, -0.2) is 29.1 Å². The molecule has 0 fully saturated rings. The first kappa shape index (κ1) is 19.6. The zero-order valence-corrected chi connectivity index (χ0v) is 16.0. The summed E-state index contributed by atoms with van der Waals surface area (Å²) in [4.78, 5) is 24.2. The maximum absolute atomic E-state index is 12.3. The first-order valence-electron chi connectivity index (χ1n) is 8.76. The van der Waals surface area contributed by atoms with Crippen LogP contribution < -0.4 is 15.5 Å². The Labute approximate surface area is 154 Å². The Morgan fingerprint density at radius 1 is 1.00 bits per heavy atom. The van der Waals surface area contributed by atoms with Gasteiger partial charge in [-0.05, 0) is 63.1 Å². The van der Waals surface area contributed by atoms with Crippen molar-refractivity contribution in [1.29, 1.82) is 0 Å². The average Bonchev–Trinajstić information content (AvgIpc) is 2.92. The third-order valence-electron chi connectivity index (χ3n) is 4.36. The molecule has 140 valence electrons. The van der Waals surface area contributed by atoms with E-state index in [-0.39, 0.29) is 24.5 Å². The molecule has 0 aliphatic heterocycles. The number of carbonyl (C=O) groups is 2. The van der Waals surface area contributed by atoms with E-state index in [1.165, 1.54) is 0 Å². The predicted octanol–water partition coefficient (Wildman–Crippen LogP) is 3.03. The molecule has 6 nitrogen and oxygen atoms in total. The Bertz CT molecular complexity index is 744. The Morgan fingerprint density at radius 2 is 1.58 bits per heavy atom. The second-order valence-corrected chi connectivity index (χ2v) is 6.81. The number of carbonyl (C=O) groups excluding carboxylic acids is 2. The van der Waals surface area contributed by atoms with Crippen LogP contribution in [-0.2, 0) is 4.79 Å². The van der Waals surface area contributed by atoms with Crippen LogP contribution in [0, 0.1) is 19.8 Å². The van der Waals surface area contributed by atoms with Crippen molar-refractivity contribution in [2.45, 2.75) is 40.7 Å². The van der Waals surface area contributed by atoms with Crippen LogP contribution in [0.3, 0.4) is 0 Å². The summed E-state index contributed by atoms with van der Waals surface area (Å²) in [6.07, 6.45) is 0. The molecule has 2 amide bonds. The van der Waals surface area contributed by atoms with Crippen LogP contribution in [0.5, 0.6) is 5.75 Å². The number of aryl methyl sites for hydroxylation is 2. The van der Waals surface area contributed by atoms with E-state index in [1.807, 2.05) is 46.8 Å². The van der Waals surface area contributed by atoms with E-state index < -0.39 is 0 Å². The molecule has 1 aromatic heterocycles. The van der Waals surface area contributed by atoms with Gasteiger partial charge in [-0.1, -0.05) is 13.8 Å². The van der Waals surface area contributed by atoms with Crippen LogP contribution in [0.15, 0.2) is 36.4 Å². The van der Waals surface area contributed by atoms with Gasteiger partial charge in [-0.2, -0.15) is 0 Å². The molecule has 26 heavy (non-hydrogen) atoms. The van der Waals surface area contributed by atoms with Crippen molar-refractivity contribution in [3.8, 4) is 5.75 Å². The number of rotatable bonds is 7. The zero-order valence-electron chi connectivity index (χ0n) is 16.0. The Kier molecular flexibility index (Phi) is 6.44. The Balaban J connectivity index is 1.89. The molecule has 2 rings (SSSR count). The minimum Gasteiger partial charge on any atom is -0.484 e. The smallest absolute Gasteiger partial charge is 0.270 e. The van der Waals surface area contributed by atoms with E-state index in [2.05, 4.69) is 10.7 Å². The quantitative estimate of drug-likeness (QED) is 0.800. The summed E-state index contributed by atoms with van der Waals surface area (Å²) in [5.74, 6) is 0.542. The van der Waals surface area contributed by atoms with E-state index in [0.717, 1.165) is 11.4 Å². The number of benzene rings is 1. The summed E-state index contributed by atoms with van der Waals surface area (Å²) in [5, 5.41) is 2.88. The molecule has 0 saturated carbocycles. The second kappa shape index (κ2) is 8.56. The maximum Gasteiger partial charge on any atom is 0.270 e. The van der Waals surface area contributed by atoms with Gasteiger partial charge in [0, 0.05) is 23.0 Å². The SMILES string of the molecule is Cc1ccc(C)n1NC(=O)c1ccc(OCC(=O)N[C@H](C)C(C)C)cc1. The molecule has 0 bridgehead atoms. The van der Waals surface area contributed by atoms with Gasteiger partial charge in [-0.3, -0.25) is 19.7 Å². The van der Waals surface area contributed by atoms with Crippen molar-refractivity contribution in [2.24, 2.45) is 5.92 Å². The lowest BCUT2D eigenvalue weighted by molar-refractivity contribution is -0.124. The summed E-state index contributed by atoms with van der Waals surface area (Å²) in [5.41, 5.74) is 5.28. The van der Waals surface area contributed by atoms with E-state index in [0.29, 0.717) is 17.2 Å². The fourth-order valence-corrected chi connectivity index (χ4v) is 2.32. The molecule has 2 aromatic rings. The van der Waals surface area contributed by atoms with Crippen LogP contribution in [0.25, 0.3) is 0 Å². The standard InChI is InChI=1S/C20H27N3O3/c1-13(2)16(5)21-19(24)12-26-18-10-8-17(9-11-18)20(25)22-23-14(3)6-7-15(23)4/h6-11,13,16H,12H2,1-5H3,(H,21,24)(H,22,25)/t16-/m1/s1. The third-order valence-corrected chi connectivity index (χ3v) is 4.36. The van der Waals surface area contributed by atoms with Crippen LogP contribution in [0.2, 0.25) is 0 Å². The molecular weight excluding hydrogens is 330 g/mol. The maximum atomic E-state index is 12.3. The van der Waals surface area contributed by atoms with E-state index >= 15 is 0 Å². The first-order chi connectivity index (χ1) is 12.3. The second-order valence-electron chi connectivity index (χ2n) is 6.81. The van der Waals surface area contributed by atoms with Gasteiger partial charge in [0.05, 0.1) is 0 Å². The molecule has 0 saturated heterocycles. The van der Waals surface area contributed by atoms with Crippen molar-refractivity contribution in [1.82, 2.24) is 9.99 Å². The van der Waals surface area contributed by atoms with E-state index in [4.69, 9.17) is 4.74 Å². The number of hydrogen-bond donors (Lipinski definition) is 2. The lowest BCUT2D eigenvalue weighted by Gasteiger charge is -2.17. The fraction of sp³-hybridized carbons (Fsp3) is 0.400. The fourth-order valence-electron chi connectivity index (χ4n) is 2.32. The molecule has 2 N–H and O–H groups in total. The van der Waals surface area contributed by atoms with Crippen molar-refractivity contribution in [2.75, 3.05) is 12.0 Å². The molecule has 0 unspecified atom stereocenters. The molecule has 1 atom stereocenters. The van der Waals surface area contributed by atoms with Crippen molar-refractivity contribution >= 4 is 11.8 Å². The molecule has 0 radical (unpaired) electrons. The number of nitrogens with one attached hydrogen (secondary N) is 2. The highest BCUT2D eigenvalue weighted by Gasteiger charge is 2.12. The number of aromatic nitrogens is 1. The molecule has 0 aliphatic rings. The summed E-state index contributed by atoms with van der Waals surface area (Å²) >= 11 is 0. The molecular formula is C20H27N3O3. The van der Waals surface area contributed by atoms with Crippen molar-refractivity contribution < 1.29 is 14.3 Å². The van der Waals surface area contributed by atoms with Gasteiger partial charge in [0.1, 0.15) is 5.75 Å². The van der Waals surface area contributed by atoms with Gasteiger partial charge in [0.2, 0.25) is 0 Å². The first-order valence-corrected chi connectivity index (χ1v) is 8.76. The normalized spacial score (nSPS) is 11.9. The third kappa shape index (κ3) is 5.12. The van der Waals surface area contributed by atoms with Gasteiger partial charge in [-0.15, -0.1) is 0 Å². The largest absolute Gasteiger partial charge is 0.484 e.